The van der Waals surface area contributed by atoms with Crippen LogP contribution < -0.4 is 0 Å². The van der Waals surface area contributed by atoms with E-state index < -0.39 is 8.07 Å². The second kappa shape index (κ2) is 7.77. The molecule has 0 atom stereocenters. The fourth-order valence-corrected chi connectivity index (χ4v) is 2.89. The number of hydrogen-bond acceptors (Lipinski definition) is 4. The van der Waals surface area contributed by atoms with Gasteiger partial charge in [-0.05, 0) is 12.1 Å². The van der Waals surface area contributed by atoms with Gasteiger partial charge in [0, 0.05) is 58.2 Å². The third kappa shape index (κ3) is 5.61. The van der Waals surface area contributed by atoms with Crippen LogP contribution in [0.3, 0.4) is 0 Å². The summed E-state index contributed by atoms with van der Waals surface area (Å²) >= 11 is 0. The van der Waals surface area contributed by atoms with E-state index >= 15 is 0 Å². The highest BCUT2D eigenvalue weighted by Gasteiger charge is 2.12. The summed E-state index contributed by atoms with van der Waals surface area (Å²) in [5.74, 6) is -0.0217. The second-order valence-electron chi connectivity index (χ2n) is 7.43. The van der Waals surface area contributed by atoms with Crippen molar-refractivity contribution < 1.29 is 9.53 Å². The summed E-state index contributed by atoms with van der Waals surface area (Å²) in [6, 6.07) is 6.74. The first kappa shape index (κ1) is 18.4. The number of benzene rings is 1. The molecule has 6 heteroatoms. The van der Waals surface area contributed by atoms with E-state index in [1.165, 1.54) is 0 Å². The summed E-state index contributed by atoms with van der Waals surface area (Å²) in [6.07, 6.45) is 5.27. The Morgan fingerprint density at radius 3 is 2.75 bits per heavy atom. The fraction of sp³-hybridized carbons (Fsp3) is 0.444. The number of aromatic nitrogens is 2. The van der Waals surface area contributed by atoms with Crippen molar-refractivity contribution in [3.8, 4) is 0 Å². The van der Waals surface area contributed by atoms with Crippen molar-refractivity contribution in [3.05, 3.63) is 42.2 Å². The number of ketones is 1. The van der Waals surface area contributed by atoms with Crippen LogP contribution in [0.2, 0.25) is 25.7 Å². The Morgan fingerprint density at radius 1 is 1.33 bits per heavy atom. The minimum Gasteiger partial charge on any atom is -0.383 e. The van der Waals surface area contributed by atoms with Crippen molar-refractivity contribution in [2.75, 3.05) is 20.7 Å². The normalized spacial score (nSPS) is 12.2. The number of carbonyl (C=O) groups excluding carboxylic acids is 1. The number of ether oxygens (including phenoxy) is 1. The maximum atomic E-state index is 12.1. The van der Waals surface area contributed by atoms with Crippen LogP contribution in [0.5, 0.6) is 0 Å². The van der Waals surface area contributed by atoms with E-state index in [4.69, 9.17) is 4.74 Å². The molecule has 24 heavy (non-hydrogen) atoms. The molecular formula is C18H27N3O2Si. The van der Waals surface area contributed by atoms with Crippen molar-refractivity contribution in [1.82, 2.24) is 14.7 Å². The van der Waals surface area contributed by atoms with Crippen molar-refractivity contribution in [1.29, 1.82) is 0 Å². The van der Waals surface area contributed by atoms with Gasteiger partial charge in [0.2, 0.25) is 0 Å². The van der Waals surface area contributed by atoms with E-state index in [2.05, 4.69) is 24.7 Å². The number of allylic oxidation sites excluding steroid dienone is 1. The molecule has 0 fully saturated rings. The van der Waals surface area contributed by atoms with Gasteiger partial charge in [-0.15, -0.1) is 0 Å². The van der Waals surface area contributed by atoms with E-state index in [9.17, 15) is 4.79 Å². The van der Waals surface area contributed by atoms with E-state index in [0.29, 0.717) is 12.3 Å². The lowest BCUT2D eigenvalue weighted by Crippen LogP contribution is -2.22. The Kier molecular flexibility index (Phi) is 5.96. The third-order valence-corrected chi connectivity index (χ3v) is 5.29. The van der Waals surface area contributed by atoms with Gasteiger partial charge in [-0.3, -0.25) is 4.79 Å². The van der Waals surface area contributed by atoms with Gasteiger partial charge in [0.25, 0.3) is 0 Å². The molecule has 0 unspecified atom stereocenters. The van der Waals surface area contributed by atoms with Crippen LogP contribution in [-0.2, 0) is 11.5 Å². The van der Waals surface area contributed by atoms with E-state index in [1.807, 2.05) is 43.4 Å². The lowest BCUT2D eigenvalue weighted by Gasteiger charge is -2.15. The number of carbonyl (C=O) groups is 1. The summed E-state index contributed by atoms with van der Waals surface area (Å²) < 4.78 is 7.51. The molecule has 0 aliphatic carbocycles. The molecule has 5 nitrogen and oxygen atoms in total. The number of fused-ring (bicyclic) bond motifs is 1. The maximum absolute atomic E-state index is 12.1. The predicted octanol–water partition coefficient (Wildman–Crippen LogP) is 3.61. The summed E-state index contributed by atoms with van der Waals surface area (Å²) in [6.45, 7) is 8.22. The summed E-state index contributed by atoms with van der Waals surface area (Å²) in [5, 5.41) is 5.51. The van der Waals surface area contributed by atoms with Crippen molar-refractivity contribution >= 4 is 24.8 Å². The quantitative estimate of drug-likeness (QED) is 0.317. The standard InChI is InChI=1S/C18H27N3O2Si/c1-20(2)9-8-18(22)15-6-7-16-13-21(19-17(16)12-15)14-23-10-11-24(3,4)5/h6-9,12-13H,10-11,14H2,1-5H3. The van der Waals surface area contributed by atoms with Crippen LogP contribution in [-0.4, -0.2) is 49.2 Å². The largest absolute Gasteiger partial charge is 0.383 e. The Bertz CT molecular complexity index is 729. The first-order valence-corrected chi connectivity index (χ1v) is 11.9. The minimum absolute atomic E-state index is 0.0217. The minimum atomic E-state index is -1.07. The Morgan fingerprint density at radius 2 is 2.08 bits per heavy atom. The molecule has 0 bridgehead atoms. The molecule has 0 saturated carbocycles. The zero-order valence-electron chi connectivity index (χ0n) is 15.2. The number of hydrogen-bond donors (Lipinski definition) is 0. The van der Waals surface area contributed by atoms with Gasteiger partial charge in [0.15, 0.2) is 5.78 Å². The molecule has 0 N–H and O–H groups in total. The van der Waals surface area contributed by atoms with Gasteiger partial charge in [0.1, 0.15) is 6.73 Å². The second-order valence-corrected chi connectivity index (χ2v) is 13.1. The van der Waals surface area contributed by atoms with Gasteiger partial charge in [0.05, 0.1) is 5.52 Å². The molecule has 2 rings (SSSR count). The van der Waals surface area contributed by atoms with Crippen LogP contribution in [0.1, 0.15) is 10.4 Å². The van der Waals surface area contributed by atoms with Gasteiger partial charge >= 0.3 is 0 Å². The van der Waals surface area contributed by atoms with Gasteiger partial charge in [-0.1, -0.05) is 31.8 Å². The highest BCUT2D eigenvalue weighted by atomic mass is 28.3. The molecule has 130 valence electrons. The summed E-state index contributed by atoms with van der Waals surface area (Å²) in [7, 11) is 2.71. The maximum Gasteiger partial charge on any atom is 0.187 e. The molecule has 0 spiro atoms. The van der Waals surface area contributed by atoms with Crippen molar-refractivity contribution in [3.63, 3.8) is 0 Å². The lowest BCUT2D eigenvalue weighted by atomic mass is 10.1. The van der Waals surface area contributed by atoms with Gasteiger partial charge in [-0.2, -0.15) is 5.10 Å². The fourth-order valence-electron chi connectivity index (χ4n) is 2.14. The average molecular weight is 346 g/mol. The van der Waals surface area contributed by atoms with Crippen LogP contribution >= 0.6 is 0 Å². The zero-order valence-corrected chi connectivity index (χ0v) is 16.2. The molecule has 1 aromatic heterocycles. The smallest absolute Gasteiger partial charge is 0.187 e. The van der Waals surface area contributed by atoms with Gasteiger partial charge in [-0.25, -0.2) is 4.68 Å². The molecular weight excluding hydrogens is 318 g/mol. The zero-order chi connectivity index (χ0) is 17.7. The molecule has 0 aliphatic heterocycles. The number of nitrogens with zero attached hydrogens (tertiary/aromatic N) is 3. The lowest BCUT2D eigenvalue weighted by molar-refractivity contribution is 0.0791. The highest BCUT2D eigenvalue weighted by molar-refractivity contribution is 6.76. The Labute approximate surface area is 144 Å². The molecule has 0 amide bonds. The topological polar surface area (TPSA) is 47.4 Å². The molecule has 1 aromatic carbocycles. The molecule has 0 aliphatic rings. The van der Waals surface area contributed by atoms with Gasteiger partial charge < -0.3 is 9.64 Å². The van der Waals surface area contributed by atoms with Crippen molar-refractivity contribution in [2.24, 2.45) is 0 Å². The first-order valence-electron chi connectivity index (χ1n) is 8.18. The first-order chi connectivity index (χ1) is 11.2. The average Bonchev–Trinajstić information content (AvgIpc) is 2.90. The molecule has 0 saturated heterocycles. The molecule has 1 heterocycles. The van der Waals surface area contributed by atoms with Crippen LogP contribution in [0.4, 0.5) is 0 Å². The summed E-state index contributed by atoms with van der Waals surface area (Å²) in [4.78, 5) is 14.0. The number of rotatable bonds is 8. The highest BCUT2D eigenvalue weighted by Crippen LogP contribution is 2.16. The predicted molar refractivity (Wildman–Crippen MR) is 101 cm³/mol. The molecule has 2 aromatic rings. The Hall–Kier alpha value is -1.92. The summed E-state index contributed by atoms with van der Waals surface area (Å²) in [5.41, 5.74) is 1.46. The van der Waals surface area contributed by atoms with Crippen LogP contribution in [0.15, 0.2) is 36.7 Å². The van der Waals surface area contributed by atoms with E-state index in [-0.39, 0.29) is 5.78 Å². The SMILES string of the molecule is CN(C)C=CC(=O)c1ccc2cn(COCC[Si](C)(C)C)nc2c1. The van der Waals surface area contributed by atoms with Crippen molar-refractivity contribution in [2.45, 2.75) is 32.4 Å². The van der Waals surface area contributed by atoms with Crippen LogP contribution in [0, 0.1) is 0 Å². The van der Waals surface area contributed by atoms with E-state index in [0.717, 1.165) is 23.6 Å². The third-order valence-electron chi connectivity index (χ3n) is 3.58. The monoisotopic (exact) mass is 345 g/mol. The Balaban J connectivity index is 2.02. The molecule has 0 radical (unpaired) electrons. The van der Waals surface area contributed by atoms with E-state index in [1.54, 1.807) is 17.0 Å². The van der Waals surface area contributed by atoms with Crippen LogP contribution in [0.25, 0.3) is 10.9 Å².